The first-order valence-electron chi connectivity index (χ1n) is 9.84. The van der Waals surface area contributed by atoms with E-state index in [-0.39, 0.29) is 0 Å². The average Bonchev–Trinajstić information content (AvgIpc) is 3.21. The van der Waals surface area contributed by atoms with Crippen LogP contribution in [0.15, 0.2) is 48.8 Å². The summed E-state index contributed by atoms with van der Waals surface area (Å²) < 4.78 is 7.06. The number of nitrogens with one attached hydrogen (secondary N) is 1. The van der Waals surface area contributed by atoms with Crippen LogP contribution in [0.2, 0.25) is 0 Å². The fourth-order valence-corrected chi connectivity index (χ4v) is 3.56. The van der Waals surface area contributed by atoms with Gasteiger partial charge in [0.05, 0.1) is 36.7 Å². The van der Waals surface area contributed by atoms with E-state index in [0.29, 0.717) is 12.3 Å². The number of hydrogen-bond donors (Lipinski definition) is 1. The molecule has 0 spiro atoms. The van der Waals surface area contributed by atoms with Crippen LogP contribution in [0.4, 0.5) is 5.69 Å². The van der Waals surface area contributed by atoms with Crippen LogP contribution >= 0.6 is 0 Å². The average molecular weight is 399 g/mol. The first-order chi connectivity index (χ1) is 14.7. The number of fused-ring (bicyclic) bond motifs is 2. The minimum Gasteiger partial charge on any atom is -0.495 e. The van der Waals surface area contributed by atoms with Gasteiger partial charge in [-0.1, -0.05) is 18.2 Å². The van der Waals surface area contributed by atoms with Gasteiger partial charge < -0.3 is 10.1 Å². The maximum atomic E-state index is 5.24. The molecule has 150 valence electrons. The van der Waals surface area contributed by atoms with Gasteiger partial charge in [-0.15, -0.1) is 10.2 Å². The van der Waals surface area contributed by atoms with Gasteiger partial charge in [0, 0.05) is 12.3 Å². The predicted octanol–water partition coefficient (Wildman–Crippen LogP) is 3.73. The van der Waals surface area contributed by atoms with E-state index in [9.17, 15) is 0 Å². The minimum atomic E-state index is 0.457. The number of ether oxygens (including phenoxy) is 1. The second kappa shape index (κ2) is 7.55. The summed E-state index contributed by atoms with van der Waals surface area (Å²) in [7, 11) is 1.61. The molecule has 0 unspecified atom stereocenters. The first kappa shape index (κ1) is 18.2. The van der Waals surface area contributed by atoms with E-state index in [4.69, 9.17) is 9.84 Å². The highest BCUT2D eigenvalue weighted by Crippen LogP contribution is 2.24. The molecule has 1 aliphatic carbocycles. The highest BCUT2D eigenvalue weighted by molar-refractivity contribution is 5.87. The number of methoxy groups -OCH3 is 1. The number of anilines is 1. The quantitative estimate of drug-likeness (QED) is 0.547. The maximum Gasteiger partial charge on any atom is 0.180 e. The summed E-state index contributed by atoms with van der Waals surface area (Å²) in [5.74, 6) is 1.41. The molecule has 4 heterocycles. The monoisotopic (exact) mass is 399 g/mol. The summed E-state index contributed by atoms with van der Waals surface area (Å²) in [6.07, 6.45) is 12.1. The fraction of sp³-hybridized carbons (Fsp3) is 0.227. The zero-order chi connectivity index (χ0) is 20.5. The van der Waals surface area contributed by atoms with Crippen molar-refractivity contribution < 1.29 is 4.74 Å². The third kappa shape index (κ3) is 3.26. The molecular weight excluding hydrogens is 378 g/mol. The Morgan fingerprint density at radius 3 is 2.93 bits per heavy atom. The third-order valence-electron chi connectivity index (χ3n) is 5.13. The molecule has 0 atom stereocenters. The largest absolute Gasteiger partial charge is 0.495 e. The van der Waals surface area contributed by atoms with Gasteiger partial charge >= 0.3 is 0 Å². The normalized spacial score (nSPS) is 13.6. The van der Waals surface area contributed by atoms with E-state index in [1.165, 1.54) is 0 Å². The topological polar surface area (TPSA) is 90.1 Å². The Morgan fingerprint density at radius 2 is 2.10 bits per heavy atom. The molecule has 0 saturated heterocycles. The summed E-state index contributed by atoms with van der Waals surface area (Å²) in [6.45, 7) is 2.49. The lowest BCUT2D eigenvalue weighted by molar-refractivity contribution is 0.413. The molecular formula is C22H21N7O. The standard InChI is InChI=1S/C22H21N7O/c1-14-10-18(15-6-4-3-5-7-15)28-29-20(26-27-22(14)29)13-24-17-8-9-23-19-11-16(30-2)12-25-21(17)19/h4,6-12H,3,5,13H2,1-2H3,(H,23,24). The van der Waals surface area contributed by atoms with Gasteiger partial charge in [0.25, 0.3) is 0 Å². The summed E-state index contributed by atoms with van der Waals surface area (Å²) >= 11 is 0. The minimum absolute atomic E-state index is 0.457. The van der Waals surface area contributed by atoms with Crippen LogP contribution in [0.3, 0.4) is 0 Å². The van der Waals surface area contributed by atoms with Gasteiger partial charge in [-0.2, -0.15) is 9.61 Å². The van der Waals surface area contributed by atoms with Gasteiger partial charge in [0.1, 0.15) is 11.3 Å². The number of aryl methyl sites for hydroxylation is 1. The molecule has 4 aromatic heterocycles. The van der Waals surface area contributed by atoms with E-state index in [1.54, 1.807) is 19.5 Å². The van der Waals surface area contributed by atoms with Crippen LogP contribution in [0.25, 0.3) is 22.3 Å². The predicted molar refractivity (Wildman–Crippen MR) is 115 cm³/mol. The van der Waals surface area contributed by atoms with Crippen molar-refractivity contribution in [3.8, 4) is 5.75 Å². The zero-order valence-corrected chi connectivity index (χ0v) is 16.8. The van der Waals surface area contributed by atoms with Gasteiger partial charge in [-0.3, -0.25) is 4.98 Å². The second-order valence-electron chi connectivity index (χ2n) is 7.16. The van der Waals surface area contributed by atoms with Gasteiger partial charge in [0.2, 0.25) is 0 Å². The van der Waals surface area contributed by atoms with Crippen molar-refractivity contribution in [2.45, 2.75) is 26.3 Å². The molecule has 30 heavy (non-hydrogen) atoms. The molecule has 0 amide bonds. The van der Waals surface area contributed by atoms with Crippen LogP contribution in [0, 0.1) is 6.92 Å². The Kier molecular flexibility index (Phi) is 4.59. The Bertz CT molecular complexity index is 1310. The van der Waals surface area contributed by atoms with Crippen molar-refractivity contribution >= 4 is 27.9 Å². The molecule has 0 bridgehead atoms. The molecule has 0 aromatic carbocycles. The van der Waals surface area contributed by atoms with Gasteiger partial charge in [0.15, 0.2) is 11.5 Å². The van der Waals surface area contributed by atoms with Crippen molar-refractivity contribution in [3.05, 3.63) is 65.9 Å². The molecule has 0 saturated carbocycles. The van der Waals surface area contributed by atoms with Crippen molar-refractivity contribution in [3.63, 3.8) is 0 Å². The number of aromatic nitrogens is 6. The SMILES string of the molecule is COc1cnc2c(NCc3nnc4c(C)cc(C5=CCCC=C5)nn34)ccnc2c1. The highest BCUT2D eigenvalue weighted by Gasteiger charge is 2.14. The van der Waals surface area contributed by atoms with Gasteiger partial charge in [-0.05, 0) is 43.0 Å². The van der Waals surface area contributed by atoms with Crippen LogP contribution in [-0.4, -0.2) is 36.9 Å². The third-order valence-corrected chi connectivity index (χ3v) is 5.13. The van der Waals surface area contributed by atoms with Crippen LogP contribution in [0.1, 0.15) is 29.9 Å². The lowest BCUT2D eigenvalue weighted by Gasteiger charge is -2.10. The van der Waals surface area contributed by atoms with Gasteiger partial charge in [-0.25, -0.2) is 4.98 Å². The first-order valence-corrected chi connectivity index (χ1v) is 9.84. The molecule has 1 aliphatic rings. The Hall–Kier alpha value is -3.81. The summed E-state index contributed by atoms with van der Waals surface area (Å²) in [4.78, 5) is 8.86. The Morgan fingerprint density at radius 1 is 1.17 bits per heavy atom. The molecule has 0 fully saturated rings. The van der Waals surface area contributed by atoms with E-state index in [2.05, 4.69) is 49.8 Å². The zero-order valence-electron chi connectivity index (χ0n) is 16.8. The molecule has 0 aliphatic heterocycles. The van der Waals surface area contributed by atoms with Crippen molar-refractivity contribution in [2.24, 2.45) is 0 Å². The smallest absolute Gasteiger partial charge is 0.180 e. The number of allylic oxidation sites excluding steroid dienone is 4. The number of rotatable bonds is 5. The second-order valence-corrected chi connectivity index (χ2v) is 7.16. The van der Waals surface area contributed by atoms with E-state index in [1.807, 2.05) is 23.6 Å². The molecule has 8 heteroatoms. The van der Waals surface area contributed by atoms with Crippen molar-refractivity contribution in [2.75, 3.05) is 12.4 Å². The lowest BCUT2D eigenvalue weighted by atomic mass is 10.0. The summed E-state index contributed by atoms with van der Waals surface area (Å²) in [5, 5.41) is 16.9. The fourth-order valence-electron chi connectivity index (χ4n) is 3.56. The maximum absolute atomic E-state index is 5.24. The van der Waals surface area contributed by atoms with Crippen LogP contribution in [0.5, 0.6) is 5.75 Å². The molecule has 8 nitrogen and oxygen atoms in total. The van der Waals surface area contributed by atoms with E-state index < -0.39 is 0 Å². The number of pyridine rings is 2. The molecule has 0 radical (unpaired) electrons. The van der Waals surface area contributed by atoms with E-state index in [0.717, 1.165) is 57.9 Å². The highest BCUT2D eigenvalue weighted by atomic mass is 16.5. The van der Waals surface area contributed by atoms with Crippen molar-refractivity contribution in [1.29, 1.82) is 0 Å². The van der Waals surface area contributed by atoms with Crippen molar-refractivity contribution in [1.82, 2.24) is 29.8 Å². The summed E-state index contributed by atoms with van der Waals surface area (Å²) in [5.41, 5.74) is 6.27. The van der Waals surface area contributed by atoms with Crippen LogP contribution in [-0.2, 0) is 6.54 Å². The Balaban J connectivity index is 1.47. The molecule has 4 aromatic rings. The van der Waals surface area contributed by atoms with E-state index >= 15 is 0 Å². The number of hydrogen-bond acceptors (Lipinski definition) is 7. The lowest BCUT2D eigenvalue weighted by Crippen LogP contribution is -2.09. The number of nitrogens with zero attached hydrogens (tertiary/aromatic N) is 6. The van der Waals surface area contributed by atoms with Crippen LogP contribution < -0.4 is 10.1 Å². The molecule has 1 N–H and O–H groups in total. The molecule has 5 rings (SSSR count). The summed E-state index contributed by atoms with van der Waals surface area (Å²) in [6, 6.07) is 5.83. The Labute approximate surface area is 173 Å².